The molecule has 0 aliphatic rings. The molecular formula is Ca3Sb2. The Morgan fingerprint density at radius 2 is 0.400 bits per heavy atom. The second kappa shape index (κ2) is 22.7. The van der Waals surface area contributed by atoms with Gasteiger partial charge in [0, 0.05) is 162 Å². The van der Waals surface area contributed by atoms with Crippen LogP contribution in [0.5, 0.6) is 0 Å². The molecule has 0 atom stereocenters. The number of rotatable bonds is 0. The van der Waals surface area contributed by atoms with E-state index in [0.29, 0.717) is 0 Å². The Morgan fingerprint density at radius 1 is 0.400 bits per heavy atom. The van der Waals surface area contributed by atoms with Crippen LogP contribution >= 0.6 is 0 Å². The molecule has 0 nitrogen and oxygen atoms in total. The maximum Gasteiger partial charge on any atom is 0 e. The van der Waals surface area contributed by atoms with Gasteiger partial charge in [0.15, 0.2) is 0 Å². The minimum Gasteiger partial charge on any atom is 0 e. The second-order valence-electron chi connectivity index (χ2n) is 0. The Morgan fingerprint density at radius 3 is 0.400 bits per heavy atom. The Kier molecular flexibility index (Phi) is 143. The van der Waals surface area contributed by atoms with Gasteiger partial charge in [-0.1, -0.05) is 0 Å². The summed E-state index contributed by atoms with van der Waals surface area (Å²) in [4.78, 5) is 0. The van der Waals surface area contributed by atoms with E-state index >= 15 is 0 Å². The summed E-state index contributed by atoms with van der Waals surface area (Å²) < 4.78 is 0. The molecule has 0 spiro atoms. The predicted octanol–water partition coefficient (Wildman–Crippen LogP) is -1.90. The summed E-state index contributed by atoms with van der Waals surface area (Å²) in [5.74, 6) is 0. The molecule has 0 saturated heterocycles. The van der Waals surface area contributed by atoms with Crippen LogP contribution in [0.1, 0.15) is 0 Å². The Bertz CT molecular complexity index is 4.85. The van der Waals surface area contributed by atoms with Crippen molar-refractivity contribution in [2.24, 2.45) is 0 Å². The molecule has 0 aliphatic carbocycles. The van der Waals surface area contributed by atoms with Gasteiger partial charge in [0.05, 0.1) is 0 Å². The normalized spacial score (nSPS) is 0. The van der Waals surface area contributed by atoms with Gasteiger partial charge in [-0.15, -0.1) is 0 Å². The number of hydrogen-bond donors (Lipinski definition) is 0. The maximum atomic E-state index is 0. The Labute approximate surface area is 157 Å². The number of hydrogen-bond acceptors (Lipinski definition) is 0. The molecule has 0 amide bonds. The zero-order chi connectivity index (χ0) is 0. The minimum atomic E-state index is 0. The molecule has 0 heterocycles. The molecular weight excluding hydrogens is 364 g/mol. The van der Waals surface area contributed by atoms with Crippen LogP contribution in [0.25, 0.3) is 0 Å². The van der Waals surface area contributed by atoms with E-state index in [1.165, 1.54) is 0 Å². The first-order chi connectivity index (χ1) is 0. The summed E-state index contributed by atoms with van der Waals surface area (Å²) in [6.07, 6.45) is 0. The molecule has 0 bridgehead atoms. The monoisotopic (exact) mass is 362 g/mol. The van der Waals surface area contributed by atoms with Crippen molar-refractivity contribution in [1.82, 2.24) is 0 Å². The van der Waals surface area contributed by atoms with Crippen LogP contribution in [0.3, 0.4) is 0 Å². The molecule has 0 N–H and O–H groups in total. The van der Waals surface area contributed by atoms with Crippen molar-refractivity contribution in [1.29, 1.82) is 0 Å². The van der Waals surface area contributed by atoms with Gasteiger partial charge in [-0.3, -0.25) is 0 Å². The molecule has 0 aromatic rings. The van der Waals surface area contributed by atoms with Crippen molar-refractivity contribution in [2.75, 3.05) is 0 Å². The SMILES string of the molecule is [Ca].[Ca].[Ca].[Sb].[Sb]. The zero-order valence-electron chi connectivity index (χ0n) is 3.02. The molecule has 0 aromatic heterocycles. The molecule has 0 saturated carbocycles. The summed E-state index contributed by atoms with van der Waals surface area (Å²) in [6, 6.07) is 0. The van der Waals surface area contributed by atoms with Crippen molar-refractivity contribution in [2.45, 2.75) is 0 Å². The fraction of sp³-hybridized carbons (Fsp3) is 0. The van der Waals surface area contributed by atoms with Gasteiger partial charge in [-0.25, -0.2) is 0 Å². The first-order valence-electron chi connectivity index (χ1n) is 0. The van der Waals surface area contributed by atoms with E-state index < -0.39 is 0 Å². The summed E-state index contributed by atoms with van der Waals surface area (Å²) in [5.41, 5.74) is 0. The molecule has 0 fully saturated rings. The Balaban J connectivity index is 0. The third-order valence-corrected chi connectivity index (χ3v) is 0. The standard InChI is InChI=1S/3Ca.2Sb. The summed E-state index contributed by atoms with van der Waals surface area (Å²) in [5, 5.41) is 0. The van der Waals surface area contributed by atoms with Crippen molar-refractivity contribution >= 4 is 162 Å². The van der Waals surface area contributed by atoms with Crippen molar-refractivity contribution in [3.63, 3.8) is 0 Å². The van der Waals surface area contributed by atoms with Crippen LogP contribution in [0.4, 0.5) is 0 Å². The van der Waals surface area contributed by atoms with Crippen LogP contribution in [-0.2, 0) is 0 Å². The fourth-order valence-corrected chi connectivity index (χ4v) is 0. The smallest absolute Gasteiger partial charge is 0 e. The van der Waals surface area contributed by atoms with Crippen LogP contribution < -0.4 is 0 Å². The van der Waals surface area contributed by atoms with Gasteiger partial charge in [0.2, 0.25) is 0 Å². The molecule has 5 heteroatoms. The summed E-state index contributed by atoms with van der Waals surface area (Å²) in [7, 11) is 0. The van der Waals surface area contributed by atoms with E-state index in [1.54, 1.807) is 0 Å². The van der Waals surface area contributed by atoms with Gasteiger partial charge in [-0.2, -0.15) is 0 Å². The van der Waals surface area contributed by atoms with Gasteiger partial charge >= 0.3 is 0 Å². The van der Waals surface area contributed by atoms with E-state index in [0.717, 1.165) is 0 Å². The van der Waals surface area contributed by atoms with Gasteiger partial charge < -0.3 is 0 Å². The summed E-state index contributed by atoms with van der Waals surface area (Å²) >= 11 is 0. The van der Waals surface area contributed by atoms with Gasteiger partial charge in [0.25, 0.3) is 0 Å². The third kappa shape index (κ3) is 17.7. The molecule has 0 rings (SSSR count). The van der Waals surface area contributed by atoms with E-state index in [-0.39, 0.29) is 162 Å². The minimum absolute atomic E-state index is 0. The van der Waals surface area contributed by atoms with E-state index in [4.69, 9.17) is 0 Å². The fourth-order valence-electron chi connectivity index (χ4n) is 0. The molecule has 0 aromatic carbocycles. The average Bonchev–Trinajstić information content (AvgIpc) is 0. The second-order valence-corrected chi connectivity index (χ2v) is 0. The van der Waals surface area contributed by atoms with Crippen molar-refractivity contribution < 1.29 is 0 Å². The van der Waals surface area contributed by atoms with Crippen LogP contribution in [0.2, 0.25) is 0 Å². The maximum absolute atomic E-state index is 0. The topological polar surface area (TPSA) is 0 Å². The first kappa shape index (κ1) is 31.5. The quantitative estimate of drug-likeness (QED) is 0.441. The molecule has 5 heavy (non-hydrogen) atoms. The summed E-state index contributed by atoms with van der Waals surface area (Å²) in [6.45, 7) is 0. The van der Waals surface area contributed by atoms with Gasteiger partial charge in [0.1, 0.15) is 0 Å². The predicted molar refractivity (Wildman–Crippen MR) is 28.8 cm³/mol. The molecule has 12 radical (unpaired) electrons. The first-order valence-corrected chi connectivity index (χ1v) is 0. The van der Waals surface area contributed by atoms with Crippen LogP contribution in [0, 0.1) is 0 Å². The molecule has 0 unspecified atom stereocenters. The van der Waals surface area contributed by atoms with Crippen molar-refractivity contribution in [3.8, 4) is 0 Å². The van der Waals surface area contributed by atoms with Gasteiger partial charge in [-0.05, 0) is 0 Å². The third-order valence-electron chi connectivity index (χ3n) is 0. The van der Waals surface area contributed by atoms with E-state index in [1.807, 2.05) is 0 Å². The van der Waals surface area contributed by atoms with E-state index in [9.17, 15) is 0 Å². The van der Waals surface area contributed by atoms with Crippen LogP contribution in [-0.4, -0.2) is 162 Å². The largest absolute Gasteiger partial charge is 0 e. The Hall–Kier alpha value is 5.42. The molecule has 16 valence electrons. The average molecular weight is 364 g/mol. The zero-order valence-corrected chi connectivity index (χ0v) is 14.7. The van der Waals surface area contributed by atoms with Crippen LogP contribution in [0.15, 0.2) is 0 Å². The van der Waals surface area contributed by atoms with Crippen molar-refractivity contribution in [3.05, 3.63) is 0 Å². The van der Waals surface area contributed by atoms with E-state index in [2.05, 4.69) is 0 Å². The molecule has 0 aliphatic heterocycles.